The number of aromatic nitrogens is 1. The second kappa shape index (κ2) is 8.75. The number of anilines is 2. The highest BCUT2D eigenvalue weighted by molar-refractivity contribution is 5.97. The molecule has 0 saturated carbocycles. The summed E-state index contributed by atoms with van der Waals surface area (Å²) >= 11 is 0. The summed E-state index contributed by atoms with van der Waals surface area (Å²) in [5.41, 5.74) is 6.22. The Balaban J connectivity index is 2.61. The number of pyridine rings is 1. The number of hydrogen-bond donors (Lipinski definition) is 3. The summed E-state index contributed by atoms with van der Waals surface area (Å²) in [5.74, 6) is -0.484. The maximum atomic E-state index is 11.7. The Bertz CT molecular complexity index is 493. The molecule has 0 aliphatic carbocycles. The predicted molar refractivity (Wildman–Crippen MR) is 78.0 cm³/mol. The molecule has 1 aromatic heterocycles. The molecule has 0 aliphatic rings. The molecule has 0 bridgehead atoms. The molecule has 1 rings (SSSR count). The van der Waals surface area contributed by atoms with Crippen LogP contribution in [0, 0.1) is 0 Å². The van der Waals surface area contributed by atoms with Gasteiger partial charge >= 0.3 is 5.97 Å². The highest BCUT2D eigenvalue weighted by atomic mass is 16.5. The Hall–Kier alpha value is -2.35. The lowest BCUT2D eigenvalue weighted by Crippen LogP contribution is -2.32. The Morgan fingerprint density at radius 3 is 2.86 bits per heavy atom. The zero-order chi connectivity index (χ0) is 15.7. The first-order valence-corrected chi connectivity index (χ1v) is 6.51. The monoisotopic (exact) mass is 296 g/mol. The van der Waals surface area contributed by atoms with E-state index in [9.17, 15) is 9.59 Å². The first-order valence-electron chi connectivity index (χ1n) is 6.51. The number of methoxy groups -OCH3 is 1. The van der Waals surface area contributed by atoms with Gasteiger partial charge in [-0.1, -0.05) is 0 Å². The number of carbonyl (C=O) groups is 2. The van der Waals surface area contributed by atoms with Crippen molar-refractivity contribution in [2.45, 2.75) is 6.92 Å². The smallest absolute Gasteiger partial charge is 0.340 e. The van der Waals surface area contributed by atoms with Crippen LogP contribution in [0.4, 0.5) is 11.5 Å². The molecule has 0 atom stereocenters. The summed E-state index contributed by atoms with van der Waals surface area (Å²) in [4.78, 5) is 27.2. The second-order valence-electron chi connectivity index (χ2n) is 4.04. The molecule has 0 spiro atoms. The Kier molecular flexibility index (Phi) is 6.96. The molecule has 8 heteroatoms. The number of nitrogens with one attached hydrogen (secondary N) is 2. The lowest BCUT2D eigenvalue weighted by atomic mass is 10.2. The van der Waals surface area contributed by atoms with Crippen molar-refractivity contribution in [1.82, 2.24) is 10.3 Å². The average molecular weight is 296 g/mol. The van der Waals surface area contributed by atoms with E-state index in [0.29, 0.717) is 13.2 Å². The van der Waals surface area contributed by atoms with Crippen LogP contribution in [0.2, 0.25) is 0 Å². The molecule has 0 fully saturated rings. The number of nitrogen functional groups attached to an aromatic ring is 1. The molecular formula is C13H20N4O4. The van der Waals surface area contributed by atoms with E-state index in [-0.39, 0.29) is 36.1 Å². The van der Waals surface area contributed by atoms with Gasteiger partial charge in [0.2, 0.25) is 5.91 Å². The molecule has 8 nitrogen and oxygen atoms in total. The van der Waals surface area contributed by atoms with E-state index in [1.807, 2.05) is 0 Å². The minimum atomic E-state index is -0.523. The molecule has 0 saturated heterocycles. The van der Waals surface area contributed by atoms with E-state index in [1.54, 1.807) is 14.0 Å². The molecule has 0 unspecified atom stereocenters. The van der Waals surface area contributed by atoms with Gasteiger partial charge in [-0.3, -0.25) is 4.79 Å². The third kappa shape index (κ3) is 5.27. The summed E-state index contributed by atoms with van der Waals surface area (Å²) < 4.78 is 9.71. The Labute approximate surface area is 123 Å². The fourth-order valence-corrected chi connectivity index (χ4v) is 1.52. The molecule has 4 N–H and O–H groups in total. The van der Waals surface area contributed by atoms with E-state index in [1.165, 1.54) is 12.3 Å². The van der Waals surface area contributed by atoms with E-state index in [2.05, 4.69) is 15.6 Å². The van der Waals surface area contributed by atoms with E-state index < -0.39 is 5.97 Å². The first kappa shape index (κ1) is 16.7. The van der Waals surface area contributed by atoms with Gasteiger partial charge in [0.1, 0.15) is 5.82 Å². The number of esters is 1. The first-order chi connectivity index (χ1) is 10.1. The van der Waals surface area contributed by atoms with Crippen molar-refractivity contribution >= 4 is 23.4 Å². The maximum absolute atomic E-state index is 11.7. The number of nitrogens with two attached hydrogens (primary N) is 1. The van der Waals surface area contributed by atoms with Crippen LogP contribution in [0.15, 0.2) is 12.3 Å². The van der Waals surface area contributed by atoms with Crippen LogP contribution in [-0.2, 0) is 14.3 Å². The number of ether oxygens (including phenoxy) is 2. The van der Waals surface area contributed by atoms with E-state index >= 15 is 0 Å². The zero-order valence-electron chi connectivity index (χ0n) is 12.1. The SMILES string of the molecule is CCOC(=O)c1ccnc(NCC(=O)NCCOC)c1N. The third-order valence-electron chi connectivity index (χ3n) is 2.53. The quantitative estimate of drug-likeness (QED) is 0.457. The number of hydrogen-bond acceptors (Lipinski definition) is 7. The van der Waals surface area contributed by atoms with Gasteiger partial charge < -0.3 is 25.8 Å². The lowest BCUT2D eigenvalue weighted by Gasteiger charge is -2.11. The zero-order valence-corrected chi connectivity index (χ0v) is 12.1. The van der Waals surface area contributed by atoms with Gasteiger partial charge in [0.25, 0.3) is 0 Å². The van der Waals surface area contributed by atoms with Crippen LogP contribution in [0.1, 0.15) is 17.3 Å². The summed E-state index contributed by atoms with van der Waals surface area (Å²) in [6, 6.07) is 1.47. The summed E-state index contributed by atoms with van der Waals surface area (Å²) in [6.45, 7) is 2.81. The molecule has 0 radical (unpaired) electrons. The third-order valence-corrected chi connectivity index (χ3v) is 2.53. The van der Waals surface area contributed by atoms with E-state index in [0.717, 1.165) is 0 Å². The van der Waals surface area contributed by atoms with Gasteiger partial charge in [-0.25, -0.2) is 9.78 Å². The fourth-order valence-electron chi connectivity index (χ4n) is 1.52. The number of carbonyl (C=O) groups excluding carboxylic acids is 2. The molecule has 21 heavy (non-hydrogen) atoms. The maximum Gasteiger partial charge on any atom is 0.340 e. The highest BCUT2D eigenvalue weighted by Crippen LogP contribution is 2.20. The number of amides is 1. The van der Waals surface area contributed by atoms with Gasteiger partial charge in [-0.2, -0.15) is 0 Å². The number of rotatable bonds is 8. The van der Waals surface area contributed by atoms with Crippen LogP contribution in [0.5, 0.6) is 0 Å². The average Bonchev–Trinajstić information content (AvgIpc) is 2.46. The number of nitrogens with zero attached hydrogens (tertiary/aromatic N) is 1. The van der Waals surface area contributed by atoms with Crippen molar-refractivity contribution in [3.05, 3.63) is 17.8 Å². The van der Waals surface area contributed by atoms with Crippen LogP contribution in [-0.4, -0.2) is 50.3 Å². The van der Waals surface area contributed by atoms with E-state index in [4.69, 9.17) is 15.2 Å². The topological polar surface area (TPSA) is 116 Å². The Morgan fingerprint density at radius 1 is 1.43 bits per heavy atom. The molecule has 1 aromatic rings. The minimum absolute atomic E-state index is 0.00675. The standard InChI is InChI=1S/C13H20N4O4/c1-3-21-13(19)9-4-5-16-12(11(9)14)17-8-10(18)15-6-7-20-2/h4-5H,3,6-8,14H2,1-2H3,(H,15,18)(H,16,17). The van der Waals surface area contributed by atoms with Crippen LogP contribution in [0.25, 0.3) is 0 Å². The fraction of sp³-hybridized carbons (Fsp3) is 0.462. The van der Waals surface area contributed by atoms with Crippen molar-refractivity contribution in [1.29, 1.82) is 0 Å². The lowest BCUT2D eigenvalue weighted by molar-refractivity contribution is -0.119. The Morgan fingerprint density at radius 2 is 2.19 bits per heavy atom. The largest absolute Gasteiger partial charge is 0.462 e. The van der Waals surface area contributed by atoms with Gasteiger partial charge in [0, 0.05) is 19.9 Å². The molecule has 1 amide bonds. The second-order valence-corrected chi connectivity index (χ2v) is 4.04. The van der Waals surface area contributed by atoms with Crippen molar-refractivity contribution in [2.75, 3.05) is 44.5 Å². The molecule has 0 aromatic carbocycles. The summed E-state index contributed by atoms with van der Waals surface area (Å²) in [7, 11) is 1.55. The molecule has 0 aliphatic heterocycles. The molecule has 116 valence electrons. The minimum Gasteiger partial charge on any atom is -0.462 e. The van der Waals surface area contributed by atoms with Crippen molar-refractivity contribution in [2.24, 2.45) is 0 Å². The van der Waals surface area contributed by atoms with Gasteiger partial charge in [0.05, 0.1) is 31.0 Å². The van der Waals surface area contributed by atoms with Crippen molar-refractivity contribution < 1.29 is 19.1 Å². The van der Waals surface area contributed by atoms with Crippen LogP contribution < -0.4 is 16.4 Å². The van der Waals surface area contributed by atoms with Gasteiger partial charge in [0.15, 0.2) is 0 Å². The molecule has 1 heterocycles. The van der Waals surface area contributed by atoms with Crippen molar-refractivity contribution in [3.8, 4) is 0 Å². The van der Waals surface area contributed by atoms with Crippen LogP contribution in [0.3, 0.4) is 0 Å². The molecular weight excluding hydrogens is 276 g/mol. The van der Waals surface area contributed by atoms with Crippen molar-refractivity contribution in [3.63, 3.8) is 0 Å². The van der Waals surface area contributed by atoms with Crippen LogP contribution >= 0.6 is 0 Å². The highest BCUT2D eigenvalue weighted by Gasteiger charge is 2.14. The normalized spacial score (nSPS) is 10.0. The predicted octanol–water partition coefficient (Wildman–Crippen LogP) is 0.0150. The van der Waals surface area contributed by atoms with Gasteiger partial charge in [-0.15, -0.1) is 0 Å². The summed E-state index contributed by atoms with van der Waals surface area (Å²) in [6.07, 6.45) is 1.42. The summed E-state index contributed by atoms with van der Waals surface area (Å²) in [5, 5.41) is 5.42. The van der Waals surface area contributed by atoms with Gasteiger partial charge in [-0.05, 0) is 13.0 Å².